The summed E-state index contributed by atoms with van der Waals surface area (Å²) in [7, 11) is 0. The molecule has 5 heteroatoms. The lowest BCUT2D eigenvalue weighted by Crippen LogP contribution is -2.24. The summed E-state index contributed by atoms with van der Waals surface area (Å²) >= 11 is 0. The van der Waals surface area contributed by atoms with Gasteiger partial charge in [-0.1, -0.05) is 19.9 Å². The fraction of sp³-hybridized carbons (Fsp3) is 0.263. The molecule has 24 heavy (non-hydrogen) atoms. The van der Waals surface area contributed by atoms with Crippen LogP contribution in [0.3, 0.4) is 0 Å². The third kappa shape index (κ3) is 5.12. The van der Waals surface area contributed by atoms with Crippen molar-refractivity contribution in [3.8, 4) is 11.5 Å². The predicted octanol–water partition coefficient (Wildman–Crippen LogP) is 3.35. The monoisotopic (exact) mass is 326 g/mol. The fourth-order valence-corrected chi connectivity index (χ4v) is 2.31. The molecule has 0 unspecified atom stereocenters. The van der Waals surface area contributed by atoms with E-state index < -0.39 is 0 Å². The Morgan fingerprint density at radius 3 is 2.58 bits per heavy atom. The highest BCUT2D eigenvalue weighted by Gasteiger charge is 2.06. The number of hydrogen-bond donors (Lipinski definition) is 2. The van der Waals surface area contributed by atoms with Crippen LogP contribution in [0.5, 0.6) is 11.5 Å². The summed E-state index contributed by atoms with van der Waals surface area (Å²) in [6.45, 7) is 6.21. The van der Waals surface area contributed by atoms with Crippen molar-refractivity contribution in [1.29, 1.82) is 0 Å². The minimum Gasteiger partial charge on any atom is -0.508 e. The number of amides is 1. The lowest BCUT2D eigenvalue weighted by Gasteiger charge is -2.12. The van der Waals surface area contributed by atoms with Crippen LogP contribution in [0.25, 0.3) is 0 Å². The van der Waals surface area contributed by atoms with Gasteiger partial charge in [-0.2, -0.15) is 5.10 Å². The summed E-state index contributed by atoms with van der Waals surface area (Å²) in [6, 6.07) is 12.3. The zero-order valence-electron chi connectivity index (χ0n) is 14.1. The summed E-state index contributed by atoms with van der Waals surface area (Å²) < 4.78 is 5.48. The highest BCUT2D eigenvalue weighted by molar-refractivity contribution is 5.83. The Morgan fingerprint density at radius 1 is 1.25 bits per heavy atom. The first-order chi connectivity index (χ1) is 11.5. The second-order valence-electron chi connectivity index (χ2n) is 5.85. The van der Waals surface area contributed by atoms with Crippen LogP contribution in [0.4, 0.5) is 0 Å². The Labute approximate surface area is 142 Å². The van der Waals surface area contributed by atoms with E-state index in [0.29, 0.717) is 11.7 Å². The highest BCUT2D eigenvalue weighted by Crippen LogP contribution is 2.23. The number of rotatable bonds is 6. The molecule has 0 aromatic heterocycles. The number of carbonyl (C=O) groups excluding carboxylic acids is 1. The Morgan fingerprint density at radius 2 is 1.96 bits per heavy atom. The van der Waals surface area contributed by atoms with Gasteiger partial charge >= 0.3 is 0 Å². The van der Waals surface area contributed by atoms with Crippen LogP contribution in [-0.4, -0.2) is 23.8 Å². The van der Waals surface area contributed by atoms with Crippen LogP contribution in [0, 0.1) is 6.92 Å². The zero-order valence-corrected chi connectivity index (χ0v) is 14.1. The first-order valence-electron chi connectivity index (χ1n) is 7.80. The van der Waals surface area contributed by atoms with Gasteiger partial charge in [0.15, 0.2) is 6.61 Å². The van der Waals surface area contributed by atoms with E-state index in [4.69, 9.17) is 4.74 Å². The summed E-state index contributed by atoms with van der Waals surface area (Å²) in [6.07, 6.45) is 1.50. The summed E-state index contributed by atoms with van der Waals surface area (Å²) in [5.74, 6) is 0.963. The van der Waals surface area contributed by atoms with Crippen LogP contribution in [-0.2, 0) is 4.79 Å². The molecular formula is C19H22N2O3. The molecule has 126 valence electrons. The van der Waals surface area contributed by atoms with Crippen molar-refractivity contribution in [1.82, 2.24) is 5.43 Å². The number of phenols is 1. The van der Waals surface area contributed by atoms with Crippen LogP contribution in [0.1, 0.15) is 36.5 Å². The average molecular weight is 326 g/mol. The van der Waals surface area contributed by atoms with Gasteiger partial charge in [-0.05, 0) is 65.9 Å². The number of benzene rings is 2. The van der Waals surface area contributed by atoms with Gasteiger partial charge in [-0.15, -0.1) is 0 Å². The van der Waals surface area contributed by atoms with Crippen LogP contribution >= 0.6 is 0 Å². The molecule has 5 nitrogen and oxygen atoms in total. The van der Waals surface area contributed by atoms with Crippen molar-refractivity contribution >= 4 is 12.1 Å². The number of nitrogens with zero attached hydrogens (tertiary/aromatic N) is 1. The summed E-state index contributed by atoms with van der Waals surface area (Å²) in [5, 5.41) is 13.0. The molecule has 0 fully saturated rings. The second kappa shape index (κ2) is 8.15. The summed E-state index contributed by atoms with van der Waals surface area (Å²) in [4.78, 5) is 11.7. The van der Waals surface area contributed by atoms with E-state index in [0.717, 1.165) is 11.1 Å². The predicted molar refractivity (Wildman–Crippen MR) is 94.6 cm³/mol. The molecule has 0 aliphatic carbocycles. The number of aromatic hydroxyl groups is 1. The van der Waals surface area contributed by atoms with E-state index >= 15 is 0 Å². The first-order valence-corrected chi connectivity index (χ1v) is 7.80. The second-order valence-corrected chi connectivity index (χ2v) is 5.85. The quantitative estimate of drug-likeness (QED) is 0.632. The lowest BCUT2D eigenvalue weighted by atomic mass is 9.98. The van der Waals surface area contributed by atoms with Gasteiger partial charge in [0.2, 0.25) is 0 Å². The van der Waals surface area contributed by atoms with E-state index in [2.05, 4.69) is 24.4 Å². The first kappa shape index (κ1) is 17.5. The minimum atomic E-state index is -0.337. The molecule has 2 N–H and O–H groups in total. The third-order valence-electron chi connectivity index (χ3n) is 3.53. The van der Waals surface area contributed by atoms with Gasteiger partial charge in [-0.3, -0.25) is 4.79 Å². The largest absolute Gasteiger partial charge is 0.508 e. The minimum absolute atomic E-state index is 0.104. The molecule has 0 spiro atoms. The lowest BCUT2D eigenvalue weighted by molar-refractivity contribution is -0.123. The number of carbonyl (C=O) groups is 1. The van der Waals surface area contributed by atoms with E-state index in [1.54, 1.807) is 24.3 Å². The van der Waals surface area contributed by atoms with Gasteiger partial charge in [0.25, 0.3) is 5.91 Å². The van der Waals surface area contributed by atoms with Crippen molar-refractivity contribution in [2.24, 2.45) is 5.10 Å². The molecular weight excluding hydrogens is 304 g/mol. The average Bonchev–Trinajstić information content (AvgIpc) is 2.54. The molecule has 2 aromatic rings. The number of ether oxygens (including phenoxy) is 1. The van der Waals surface area contributed by atoms with Crippen molar-refractivity contribution in [3.63, 3.8) is 0 Å². The molecule has 1 amide bonds. The Kier molecular flexibility index (Phi) is 5.95. The molecule has 2 rings (SSSR count). The summed E-state index contributed by atoms with van der Waals surface area (Å²) in [5.41, 5.74) is 5.59. The molecule has 2 aromatic carbocycles. The maximum atomic E-state index is 11.7. The molecule has 0 saturated carbocycles. The number of nitrogens with one attached hydrogen (secondary N) is 1. The van der Waals surface area contributed by atoms with Gasteiger partial charge in [0.1, 0.15) is 11.5 Å². The molecule has 0 atom stereocenters. The molecule has 0 bridgehead atoms. The van der Waals surface area contributed by atoms with Crippen molar-refractivity contribution < 1.29 is 14.6 Å². The normalized spacial score (nSPS) is 11.0. The van der Waals surface area contributed by atoms with Crippen molar-refractivity contribution in [3.05, 3.63) is 59.2 Å². The Balaban J connectivity index is 1.82. The number of phenolic OH excluding ortho intramolecular Hbond substituents is 1. The molecule has 0 radical (unpaired) electrons. The van der Waals surface area contributed by atoms with Gasteiger partial charge < -0.3 is 9.84 Å². The number of hydrogen-bond acceptors (Lipinski definition) is 4. The van der Waals surface area contributed by atoms with Gasteiger partial charge in [0, 0.05) is 0 Å². The highest BCUT2D eigenvalue weighted by atomic mass is 16.5. The SMILES string of the molecule is Cc1cc(OCC(=O)N/N=C/c2ccc(O)cc2)ccc1C(C)C. The van der Waals surface area contributed by atoms with E-state index in [1.165, 1.54) is 11.8 Å². The molecule has 0 aliphatic rings. The third-order valence-corrected chi connectivity index (χ3v) is 3.53. The van der Waals surface area contributed by atoms with Gasteiger partial charge in [0.05, 0.1) is 6.21 Å². The maximum Gasteiger partial charge on any atom is 0.277 e. The van der Waals surface area contributed by atoms with Crippen molar-refractivity contribution in [2.75, 3.05) is 6.61 Å². The number of aryl methyl sites for hydroxylation is 1. The Hall–Kier alpha value is -2.82. The van der Waals surface area contributed by atoms with E-state index in [1.807, 2.05) is 25.1 Å². The van der Waals surface area contributed by atoms with Crippen LogP contribution in [0.2, 0.25) is 0 Å². The molecule has 0 saturated heterocycles. The van der Waals surface area contributed by atoms with Crippen LogP contribution < -0.4 is 10.2 Å². The number of hydrazone groups is 1. The van der Waals surface area contributed by atoms with Crippen LogP contribution in [0.15, 0.2) is 47.6 Å². The molecule has 0 aliphatic heterocycles. The standard InChI is InChI=1S/C19H22N2O3/c1-13(2)18-9-8-17(10-14(18)3)24-12-19(23)21-20-11-15-4-6-16(22)7-5-15/h4-11,13,22H,12H2,1-3H3,(H,21,23)/b20-11+. The van der Waals surface area contributed by atoms with E-state index in [9.17, 15) is 9.90 Å². The maximum absolute atomic E-state index is 11.7. The van der Waals surface area contributed by atoms with Crippen molar-refractivity contribution in [2.45, 2.75) is 26.7 Å². The van der Waals surface area contributed by atoms with E-state index in [-0.39, 0.29) is 18.3 Å². The zero-order chi connectivity index (χ0) is 17.5. The van der Waals surface area contributed by atoms with Gasteiger partial charge in [-0.25, -0.2) is 5.43 Å². The Bertz CT molecular complexity index is 722. The fourth-order valence-electron chi connectivity index (χ4n) is 2.31. The topological polar surface area (TPSA) is 70.9 Å². The molecule has 0 heterocycles. The smallest absolute Gasteiger partial charge is 0.277 e.